The molecule has 2 aromatic carbocycles. The van der Waals surface area contributed by atoms with Crippen LogP contribution in [0.4, 0.5) is 8.78 Å². The minimum absolute atomic E-state index is 0.0340. The van der Waals surface area contributed by atoms with Gasteiger partial charge in [0.1, 0.15) is 17.2 Å². The number of halogens is 2. The van der Waals surface area contributed by atoms with E-state index in [9.17, 15) is 5.11 Å². The Hall–Kier alpha value is -3.58. The minimum Gasteiger partial charge on any atom is -0.463 e. The van der Waals surface area contributed by atoms with Crippen LogP contribution < -0.4 is 10.1 Å². The number of benzene rings is 2. The van der Waals surface area contributed by atoms with E-state index in [0.29, 0.717) is 54.1 Å². The Bertz CT molecular complexity index is 1740. The van der Waals surface area contributed by atoms with Gasteiger partial charge in [0, 0.05) is 77.5 Å². The molecule has 8 rings (SSSR count). The van der Waals surface area contributed by atoms with E-state index >= 15 is 8.78 Å². The standard InChI is InChI=1S/C36H39F2N5O2/c1-3-26-28(37)15-29(38)27-16-36(44,17-31(33(26)27)43-19-24-9-10-25(20-43)40-24)23-8-7-22-18-39-34(41-30(22)14-23)45-21-35-11-4-6-32(35)42(2)13-5-12-35/h1,7-8,14-15,17-18,24-25,32,40,44H,4-6,9-13,16,19-21H2,2H3/t24-,25+,32-,35-,36?/m1/s1. The molecule has 1 saturated carbocycles. The van der Waals surface area contributed by atoms with Crippen molar-refractivity contribution in [1.29, 1.82) is 0 Å². The number of aliphatic hydroxyl groups is 1. The summed E-state index contributed by atoms with van der Waals surface area (Å²) in [6.45, 7) is 3.05. The molecule has 0 radical (unpaired) electrons. The summed E-state index contributed by atoms with van der Waals surface area (Å²) in [4.78, 5) is 13.9. The molecule has 2 N–H and O–H groups in total. The summed E-state index contributed by atoms with van der Waals surface area (Å²) >= 11 is 0. The van der Waals surface area contributed by atoms with Gasteiger partial charge in [0.05, 0.1) is 17.7 Å². The SMILES string of the molecule is C#Cc1c(F)cc(F)c2c1C(N1C[C@H]3CC[C@@H](C1)N3)=CC(O)(c1ccc3cnc(OC[C@]45CCC[C@H]4N(C)CCC5)nc3c1)C2. The fourth-order valence-corrected chi connectivity index (χ4v) is 9.03. The minimum atomic E-state index is -1.57. The lowest BCUT2D eigenvalue weighted by Gasteiger charge is -2.44. The number of rotatable bonds is 5. The summed E-state index contributed by atoms with van der Waals surface area (Å²) in [6.07, 6.45) is 17.2. The van der Waals surface area contributed by atoms with Crippen LogP contribution in [0.2, 0.25) is 0 Å². The number of piperazine rings is 1. The van der Waals surface area contributed by atoms with Crippen LogP contribution in [0.1, 0.15) is 67.2 Å². The molecular formula is C36H39F2N5O2. The fraction of sp³-hybridized carbons (Fsp3) is 0.500. The van der Waals surface area contributed by atoms with Gasteiger partial charge in [-0.1, -0.05) is 24.5 Å². The van der Waals surface area contributed by atoms with Gasteiger partial charge in [-0.2, -0.15) is 4.98 Å². The zero-order valence-electron chi connectivity index (χ0n) is 25.7. The van der Waals surface area contributed by atoms with Crippen LogP contribution in [0, 0.1) is 29.4 Å². The quantitative estimate of drug-likeness (QED) is 0.404. The van der Waals surface area contributed by atoms with Crippen molar-refractivity contribution in [1.82, 2.24) is 25.1 Å². The van der Waals surface area contributed by atoms with Crippen LogP contribution in [-0.4, -0.2) is 76.3 Å². The molecule has 3 saturated heterocycles. The average Bonchev–Trinajstić information content (AvgIpc) is 3.63. The Balaban J connectivity index is 1.15. The highest BCUT2D eigenvalue weighted by atomic mass is 19.1. The van der Waals surface area contributed by atoms with E-state index in [4.69, 9.17) is 16.1 Å². The van der Waals surface area contributed by atoms with Gasteiger partial charge in [-0.05, 0) is 69.8 Å². The number of aromatic nitrogens is 2. The van der Waals surface area contributed by atoms with E-state index in [2.05, 4.69) is 33.1 Å². The summed E-state index contributed by atoms with van der Waals surface area (Å²) in [5, 5.41) is 16.7. The first kappa shape index (κ1) is 28.9. The van der Waals surface area contributed by atoms with E-state index in [1.165, 1.54) is 19.3 Å². The molecule has 5 aliphatic rings. The van der Waals surface area contributed by atoms with Crippen molar-refractivity contribution in [2.24, 2.45) is 5.41 Å². The van der Waals surface area contributed by atoms with Crippen molar-refractivity contribution in [2.45, 2.75) is 75.1 Å². The predicted molar refractivity (Wildman–Crippen MR) is 168 cm³/mol. The molecule has 9 heteroatoms. The third kappa shape index (κ3) is 4.81. The number of nitrogens with one attached hydrogen (secondary N) is 1. The van der Waals surface area contributed by atoms with Gasteiger partial charge >= 0.3 is 6.01 Å². The highest BCUT2D eigenvalue weighted by Crippen LogP contribution is 2.48. The van der Waals surface area contributed by atoms with Gasteiger partial charge < -0.3 is 25.0 Å². The van der Waals surface area contributed by atoms with Gasteiger partial charge in [0.15, 0.2) is 0 Å². The summed E-state index contributed by atoms with van der Waals surface area (Å²) in [6, 6.07) is 7.78. The van der Waals surface area contributed by atoms with E-state index in [0.717, 1.165) is 43.7 Å². The molecule has 4 heterocycles. The first-order valence-electron chi connectivity index (χ1n) is 16.3. The number of fused-ring (bicyclic) bond motifs is 5. The second-order valence-electron chi connectivity index (χ2n) is 14.0. The summed E-state index contributed by atoms with van der Waals surface area (Å²) in [5.41, 5.74) is 0.975. The van der Waals surface area contributed by atoms with Crippen molar-refractivity contribution in [3.8, 4) is 18.4 Å². The monoisotopic (exact) mass is 611 g/mol. The zero-order chi connectivity index (χ0) is 30.9. The second-order valence-corrected chi connectivity index (χ2v) is 14.0. The van der Waals surface area contributed by atoms with Crippen LogP contribution in [0.5, 0.6) is 6.01 Å². The van der Waals surface area contributed by atoms with Crippen LogP contribution in [0.25, 0.3) is 16.6 Å². The summed E-state index contributed by atoms with van der Waals surface area (Å²) in [5.74, 6) is 0.996. The smallest absolute Gasteiger partial charge is 0.316 e. The number of hydrogen-bond donors (Lipinski definition) is 2. The lowest BCUT2D eigenvalue weighted by atomic mass is 9.76. The molecule has 45 heavy (non-hydrogen) atoms. The van der Waals surface area contributed by atoms with E-state index < -0.39 is 17.2 Å². The number of ether oxygens (including phenoxy) is 1. The van der Waals surface area contributed by atoms with Crippen molar-refractivity contribution in [3.63, 3.8) is 0 Å². The fourth-order valence-electron chi connectivity index (χ4n) is 9.03. The summed E-state index contributed by atoms with van der Waals surface area (Å²) in [7, 11) is 2.22. The Morgan fingerprint density at radius 3 is 2.71 bits per heavy atom. The molecule has 3 aromatic rings. The third-order valence-corrected chi connectivity index (χ3v) is 11.2. The third-order valence-electron chi connectivity index (χ3n) is 11.2. The molecule has 4 fully saturated rings. The van der Waals surface area contributed by atoms with Gasteiger partial charge in [-0.25, -0.2) is 13.8 Å². The molecule has 3 aliphatic heterocycles. The molecular weight excluding hydrogens is 572 g/mol. The van der Waals surface area contributed by atoms with Crippen molar-refractivity contribution < 1.29 is 18.6 Å². The number of hydrogen-bond acceptors (Lipinski definition) is 7. The Kier molecular flexibility index (Phi) is 6.90. The lowest BCUT2D eigenvalue weighted by Crippen LogP contribution is -2.51. The molecule has 5 atom stereocenters. The molecule has 0 spiro atoms. The van der Waals surface area contributed by atoms with Gasteiger partial charge in [0.2, 0.25) is 0 Å². The number of terminal acetylenes is 1. The van der Waals surface area contributed by atoms with Crippen molar-refractivity contribution in [2.75, 3.05) is 33.3 Å². The highest BCUT2D eigenvalue weighted by Gasteiger charge is 2.47. The first-order chi connectivity index (χ1) is 21.7. The van der Waals surface area contributed by atoms with Gasteiger partial charge in [0.25, 0.3) is 0 Å². The second kappa shape index (κ2) is 10.8. The Morgan fingerprint density at radius 1 is 1.11 bits per heavy atom. The molecule has 2 bridgehead atoms. The van der Waals surface area contributed by atoms with Crippen LogP contribution in [0.15, 0.2) is 36.5 Å². The van der Waals surface area contributed by atoms with Crippen LogP contribution in [-0.2, 0) is 12.0 Å². The first-order valence-corrected chi connectivity index (χ1v) is 16.3. The van der Waals surface area contributed by atoms with Crippen LogP contribution in [0.3, 0.4) is 0 Å². The maximum Gasteiger partial charge on any atom is 0.316 e. The van der Waals surface area contributed by atoms with Crippen molar-refractivity contribution in [3.05, 3.63) is 70.4 Å². The molecule has 2 aliphatic carbocycles. The highest BCUT2D eigenvalue weighted by molar-refractivity contribution is 5.81. The molecule has 1 aromatic heterocycles. The van der Waals surface area contributed by atoms with Crippen molar-refractivity contribution >= 4 is 16.6 Å². The largest absolute Gasteiger partial charge is 0.463 e. The van der Waals surface area contributed by atoms with Crippen LogP contribution >= 0.6 is 0 Å². The normalized spacial score (nSPS) is 31.0. The maximum atomic E-state index is 15.6. The lowest BCUT2D eigenvalue weighted by molar-refractivity contribution is 0.0133. The number of piperidine rings is 1. The van der Waals surface area contributed by atoms with E-state index in [-0.39, 0.29) is 35.0 Å². The number of nitrogens with zero attached hydrogens (tertiary/aromatic N) is 4. The zero-order valence-corrected chi connectivity index (χ0v) is 25.7. The van der Waals surface area contributed by atoms with E-state index in [1.807, 2.05) is 18.2 Å². The topological polar surface area (TPSA) is 73.8 Å². The molecule has 7 nitrogen and oxygen atoms in total. The molecule has 0 amide bonds. The van der Waals surface area contributed by atoms with Gasteiger partial charge in [-0.15, -0.1) is 6.42 Å². The molecule has 234 valence electrons. The summed E-state index contributed by atoms with van der Waals surface area (Å²) < 4.78 is 36.9. The maximum absolute atomic E-state index is 15.6. The molecule has 1 unspecified atom stereocenters. The predicted octanol–water partition coefficient (Wildman–Crippen LogP) is 4.75. The average molecular weight is 612 g/mol. The van der Waals surface area contributed by atoms with E-state index in [1.54, 1.807) is 12.3 Å². The van der Waals surface area contributed by atoms with Gasteiger partial charge in [-0.3, -0.25) is 0 Å². The Labute approximate surface area is 262 Å². The Morgan fingerprint density at radius 2 is 1.91 bits per heavy atom. The number of likely N-dealkylation sites (tertiary alicyclic amines) is 2.